The van der Waals surface area contributed by atoms with E-state index in [1.54, 1.807) is 42.5 Å². The molecule has 0 spiro atoms. The molecule has 0 aliphatic rings. The number of hydrogen-bond acceptors (Lipinski definition) is 9. The standard InChI is InChI=1S/C31H40N6O9S/c1-19(38)35-23(12-13-47-2)31(46)37-25(15-21-8-10-22(39)11-9-21)30(45)34-17-27(41)36-24(14-20-6-4-3-5-7-20)29(44)33-16-26(40)32-18-28(42)43/h3-11,23-25,39H,12-18H2,1-2H3,(H,32,40)(H,33,44)(H,34,45)(H,35,38)(H,36,41)(H,37,46)(H,42,43). The number of rotatable bonds is 19. The summed E-state index contributed by atoms with van der Waals surface area (Å²) < 4.78 is 0. The van der Waals surface area contributed by atoms with Crippen molar-refractivity contribution < 1.29 is 43.8 Å². The first-order valence-electron chi connectivity index (χ1n) is 14.6. The van der Waals surface area contributed by atoms with Crippen LogP contribution in [0.2, 0.25) is 0 Å². The van der Waals surface area contributed by atoms with E-state index >= 15 is 0 Å². The maximum absolute atomic E-state index is 13.3. The predicted octanol–water partition coefficient (Wildman–Crippen LogP) is -1.16. The first-order chi connectivity index (χ1) is 22.4. The number of aliphatic carboxylic acids is 1. The number of aromatic hydroxyl groups is 1. The van der Waals surface area contributed by atoms with Crippen LogP contribution in [0.4, 0.5) is 0 Å². The number of carboxylic acids is 1. The Kier molecular flexibility index (Phi) is 16.3. The first kappa shape index (κ1) is 38.1. The van der Waals surface area contributed by atoms with E-state index in [4.69, 9.17) is 5.11 Å². The number of carbonyl (C=O) groups is 7. The fraction of sp³-hybridized carbons (Fsp3) is 0.387. The fourth-order valence-corrected chi connectivity index (χ4v) is 4.69. The van der Waals surface area contributed by atoms with Crippen LogP contribution >= 0.6 is 11.8 Å². The summed E-state index contributed by atoms with van der Waals surface area (Å²) in [6, 6.07) is 11.5. The molecule has 15 nitrogen and oxygen atoms in total. The van der Waals surface area contributed by atoms with E-state index in [2.05, 4.69) is 31.9 Å². The summed E-state index contributed by atoms with van der Waals surface area (Å²) >= 11 is 1.48. The number of phenolic OH excluding ortho intramolecular Hbond substituents is 1. The van der Waals surface area contributed by atoms with Crippen molar-refractivity contribution >= 4 is 53.2 Å². The van der Waals surface area contributed by atoms with Gasteiger partial charge in [0.15, 0.2) is 0 Å². The molecular weight excluding hydrogens is 632 g/mol. The summed E-state index contributed by atoms with van der Waals surface area (Å²) in [5, 5.41) is 33.1. The predicted molar refractivity (Wildman–Crippen MR) is 173 cm³/mol. The Morgan fingerprint density at radius 2 is 1.21 bits per heavy atom. The number of carboxylic acid groups (broad SMARTS) is 1. The van der Waals surface area contributed by atoms with Crippen LogP contribution in [0.1, 0.15) is 24.5 Å². The van der Waals surface area contributed by atoms with Crippen LogP contribution < -0.4 is 31.9 Å². The molecule has 0 aliphatic heterocycles. The van der Waals surface area contributed by atoms with Gasteiger partial charge in [-0.3, -0.25) is 33.6 Å². The third kappa shape index (κ3) is 15.1. The van der Waals surface area contributed by atoms with E-state index in [1.165, 1.54) is 30.8 Å². The van der Waals surface area contributed by atoms with Crippen LogP contribution in [0.3, 0.4) is 0 Å². The number of amides is 6. The van der Waals surface area contributed by atoms with Gasteiger partial charge in [-0.05, 0) is 41.7 Å². The summed E-state index contributed by atoms with van der Waals surface area (Å²) in [4.78, 5) is 86.5. The average Bonchev–Trinajstić information content (AvgIpc) is 3.04. The number of benzene rings is 2. The molecule has 16 heteroatoms. The van der Waals surface area contributed by atoms with Crippen LogP contribution in [0.25, 0.3) is 0 Å². The summed E-state index contributed by atoms with van der Waals surface area (Å²) in [5.41, 5.74) is 1.29. The Morgan fingerprint density at radius 3 is 1.77 bits per heavy atom. The number of nitrogens with one attached hydrogen (secondary N) is 6. The molecule has 3 unspecified atom stereocenters. The van der Waals surface area contributed by atoms with Crippen molar-refractivity contribution in [2.75, 3.05) is 31.6 Å². The van der Waals surface area contributed by atoms with E-state index < -0.39 is 79.2 Å². The number of hydrogen-bond donors (Lipinski definition) is 8. The summed E-state index contributed by atoms with van der Waals surface area (Å²) in [6.07, 6.45) is 2.21. The molecule has 6 amide bonds. The molecule has 3 atom stereocenters. The van der Waals surface area contributed by atoms with Gasteiger partial charge in [0, 0.05) is 19.8 Å². The lowest BCUT2D eigenvalue weighted by Gasteiger charge is -2.23. The monoisotopic (exact) mass is 672 g/mol. The van der Waals surface area contributed by atoms with Crippen molar-refractivity contribution in [2.24, 2.45) is 0 Å². The molecule has 0 aliphatic carbocycles. The third-order valence-corrected chi connectivity index (χ3v) is 7.18. The first-order valence-corrected chi connectivity index (χ1v) is 16.0. The number of carbonyl (C=O) groups excluding carboxylic acids is 6. The van der Waals surface area contributed by atoms with E-state index in [-0.39, 0.29) is 18.6 Å². The topological polar surface area (TPSA) is 232 Å². The van der Waals surface area contributed by atoms with Crippen molar-refractivity contribution in [3.05, 3.63) is 65.7 Å². The second-order valence-electron chi connectivity index (χ2n) is 10.4. The molecular formula is C31H40N6O9S. The largest absolute Gasteiger partial charge is 0.508 e. The minimum atomic E-state index is -1.26. The van der Waals surface area contributed by atoms with E-state index in [1.807, 2.05) is 6.26 Å². The van der Waals surface area contributed by atoms with Crippen LogP contribution in [0, 0.1) is 0 Å². The highest BCUT2D eigenvalue weighted by Crippen LogP contribution is 2.12. The molecule has 0 heterocycles. The van der Waals surface area contributed by atoms with Crippen molar-refractivity contribution in [2.45, 2.75) is 44.3 Å². The lowest BCUT2D eigenvalue weighted by atomic mass is 10.0. The van der Waals surface area contributed by atoms with Gasteiger partial charge in [0.25, 0.3) is 0 Å². The Morgan fingerprint density at radius 1 is 0.660 bits per heavy atom. The minimum absolute atomic E-state index is 0.00221. The molecule has 2 rings (SSSR count). The van der Waals surface area contributed by atoms with Gasteiger partial charge in [0.05, 0.1) is 13.1 Å². The van der Waals surface area contributed by atoms with Gasteiger partial charge < -0.3 is 42.1 Å². The molecule has 2 aromatic rings. The van der Waals surface area contributed by atoms with E-state index in [0.29, 0.717) is 23.3 Å². The molecule has 0 fully saturated rings. The van der Waals surface area contributed by atoms with Crippen molar-refractivity contribution in [1.29, 1.82) is 0 Å². The van der Waals surface area contributed by atoms with Crippen LogP contribution in [-0.2, 0) is 46.4 Å². The Bertz CT molecular complexity index is 1390. The maximum Gasteiger partial charge on any atom is 0.322 e. The molecule has 2 aromatic carbocycles. The summed E-state index contributed by atoms with van der Waals surface area (Å²) in [6.45, 7) is -0.449. The lowest BCUT2D eigenvalue weighted by Crippen LogP contribution is -2.56. The molecule has 254 valence electrons. The Hall–Kier alpha value is -5.12. The summed E-state index contributed by atoms with van der Waals surface area (Å²) in [5.74, 6) is -4.61. The van der Waals surface area contributed by atoms with Gasteiger partial charge >= 0.3 is 5.97 Å². The molecule has 8 N–H and O–H groups in total. The van der Waals surface area contributed by atoms with Crippen molar-refractivity contribution in [3.8, 4) is 5.75 Å². The Balaban J connectivity index is 2.12. The van der Waals surface area contributed by atoms with E-state index in [9.17, 15) is 38.7 Å². The van der Waals surface area contributed by atoms with Gasteiger partial charge in [0.1, 0.15) is 30.4 Å². The zero-order valence-corrected chi connectivity index (χ0v) is 26.9. The zero-order valence-electron chi connectivity index (χ0n) is 26.0. The fourth-order valence-electron chi connectivity index (χ4n) is 4.22. The van der Waals surface area contributed by atoms with E-state index in [0.717, 1.165) is 0 Å². The SMILES string of the molecule is CSCCC(NC(C)=O)C(=O)NC(Cc1ccc(O)cc1)C(=O)NCC(=O)NC(Cc1ccccc1)C(=O)NCC(=O)NCC(=O)O. The van der Waals surface area contributed by atoms with Gasteiger partial charge in [-0.1, -0.05) is 42.5 Å². The van der Waals surface area contributed by atoms with Gasteiger partial charge in [-0.15, -0.1) is 0 Å². The van der Waals surface area contributed by atoms with Crippen LogP contribution in [0.5, 0.6) is 5.75 Å². The van der Waals surface area contributed by atoms with Crippen molar-refractivity contribution in [3.63, 3.8) is 0 Å². The molecule has 0 saturated heterocycles. The van der Waals surface area contributed by atoms with Gasteiger partial charge in [-0.25, -0.2) is 0 Å². The molecule has 0 radical (unpaired) electrons. The summed E-state index contributed by atoms with van der Waals surface area (Å²) in [7, 11) is 0. The number of phenols is 1. The average molecular weight is 673 g/mol. The maximum atomic E-state index is 13.3. The second kappa shape index (κ2) is 20.1. The normalized spacial score (nSPS) is 12.4. The van der Waals surface area contributed by atoms with Gasteiger partial charge in [0.2, 0.25) is 35.4 Å². The number of thioether (sulfide) groups is 1. The zero-order chi connectivity index (χ0) is 34.8. The highest BCUT2D eigenvalue weighted by atomic mass is 32.2. The van der Waals surface area contributed by atoms with Gasteiger partial charge in [-0.2, -0.15) is 11.8 Å². The molecule has 0 aromatic heterocycles. The quantitative estimate of drug-likeness (QED) is 0.0892. The third-order valence-electron chi connectivity index (χ3n) is 6.53. The van der Waals surface area contributed by atoms with Crippen LogP contribution in [0.15, 0.2) is 54.6 Å². The highest BCUT2D eigenvalue weighted by Gasteiger charge is 2.28. The second-order valence-corrected chi connectivity index (χ2v) is 11.4. The van der Waals surface area contributed by atoms with Crippen LogP contribution in [-0.4, -0.2) is 101 Å². The molecule has 0 bridgehead atoms. The minimum Gasteiger partial charge on any atom is -0.508 e. The Labute approximate surface area is 276 Å². The highest BCUT2D eigenvalue weighted by molar-refractivity contribution is 7.98. The molecule has 0 saturated carbocycles. The lowest BCUT2D eigenvalue weighted by molar-refractivity contribution is -0.138. The van der Waals surface area contributed by atoms with Crippen molar-refractivity contribution in [1.82, 2.24) is 31.9 Å². The smallest absolute Gasteiger partial charge is 0.322 e. The molecule has 47 heavy (non-hydrogen) atoms.